The highest BCUT2D eigenvalue weighted by molar-refractivity contribution is 5.86. The largest absolute Gasteiger partial charge is 0.478 e. The number of hydrogen-bond donors (Lipinski definition) is 1. The van der Waals surface area contributed by atoms with E-state index in [2.05, 4.69) is 30.5 Å². The van der Waals surface area contributed by atoms with Gasteiger partial charge in [-0.2, -0.15) is 0 Å². The van der Waals surface area contributed by atoms with Crippen molar-refractivity contribution in [2.45, 2.75) is 25.7 Å². The van der Waals surface area contributed by atoms with Crippen molar-refractivity contribution in [3.05, 3.63) is 12.2 Å². The summed E-state index contributed by atoms with van der Waals surface area (Å²) in [5.41, 5.74) is 0.363. The van der Waals surface area contributed by atoms with Crippen LogP contribution in [0.25, 0.3) is 0 Å². The van der Waals surface area contributed by atoms with Gasteiger partial charge in [-0.25, -0.2) is 4.79 Å². The zero-order chi connectivity index (χ0) is 14.1. The minimum atomic E-state index is -0.855. The molecule has 0 aliphatic heterocycles. The molecule has 0 spiro atoms. The van der Waals surface area contributed by atoms with Gasteiger partial charge in [0.2, 0.25) is 0 Å². The third kappa shape index (κ3) is 8.25. The van der Waals surface area contributed by atoms with Gasteiger partial charge in [0.1, 0.15) is 0 Å². The minimum Gasteiger partial charge on any atom is -0.478 e. The van der Waals surface area contributed by atoms with Gasteiger partial charge in [-0.1, -0.05) is 13.0 Å². The van der Waals surface area contributed by atoms with Gasteiger partial charge < -0.3 is 14.9 Å². The van der Waals surface area contributed by atoms with Crippen LogP contribution in [0.5, 0.6) is 0 Å². The highest BCUT2D eigenvalue weighted by Crippen LogP contribution is 2.21. The Morgan fingerprint density at radius 1 is 1.06 bits per heavy atom. The van der Waals surface area contributed by atoms with Crippen LogP contribution in [-0.4, -0.2) is 62.2 Å². The van der Waals surface area contributed by atoms with Crippen molar-refractivity contribution < 1.29 is 9.90 Å². The summed E-state index contributed by atoms with van der Waals surface area (Å²) in [6.07, 6.45) is 3.97. The van der Waals surface area contributed by atoms with Gasteiger partial charge in [0, 0.05) is 5.57 Å². The van der Waals surface area contributed by atoms with Gasteiger partial charge in [-0.15, -0.1) is 0 Å². The Labute approximate surface area is 111 Å². The van der Waals surface area contributed by atoms with Crippen molar-refractivity contribution in [1.29, 1.82) is 0 Å². The van der Waals surface area contributed by atoms with E-state index in [0.717, 1.165) is 38.8 Å². The molecule has 0 radical (unpaired) electrons. The molecule has 1 atom stereocenters. The molecule has 0 aromatic carbocycles. The summed E-state index contributed by atoms with van der Waals surface area (Å²) in [6, 6.07) is 0. The number of nitrogens with zero attached hydrogens (tertiary/aromatic N) is 2. The van der Waals surface area contributed by atoms with Crippen LogP contribution in [0, 0.1) is 5.92 Å². The van der Waals surface area contributed by atoms with E-state index in [1.165, 1.54) is 0 Å². The van der Waals surface area contributed by atoms with Crippen molar-refractivity contribution >= 4 is 5.97 Å². The van der Waals surface area contributed by atoms with Crippen molar-refractivity contribution in [3.63, 3.8) is 0 Å². The lowest BCUT2D eigenvalue weighted by atomic mass is 9.91. The van der Waals surface area contributed by atoms with E-state index < -0.39 is 5.97 Å². The van der Waals surface area contributed by atoms with Gasteiger partial charge in [0.25, 0.3) is 0 Å². The van der Waals surface area contributed by atoms with E-state index in [1.54, 1.807) is 0 Å². The average Bonchev–Trinajstić information content (AvgIpc) is 2.26. The minimum absolute atomic E-state index is 0.104. The van der Waals surface area contributed by atoms with E-state index >= 15 is 0 Å². The Kier molecular flexibility index (Phi) is 8.67. The Bertz CT molecular complexity index is 263. The maximum atomic E-state index is 11.0. The quantitative estimate of drug-likeness (QED) is 0.479. The monoisotopic (exact) mass is 256 g/mol. The third-order valence-corrected chi connectivity index (χ3v) is 3.10. The van der Waals surface area contributed by atoms with Crippen molar-refractivity contribution in [1.82, 2.24) is 9.80 Å². The van der Waals surface area contributed by atoms with Gasteiger partial charge in [0.05, 0.1) is 0 Å². The Balaban J connectivity index is 4.13. The molecule has 4 nitrogen and oxygen atoms in total. The number of carboxylic acids is 1. The fourth-order valence-corrected chi connectivity index (χ4v) is 1.90. The molecule has 0 rings (SSSR count). The first-order valence-electron chi connectivity index (χ1n) is 6.56. The van der Waals surface area contributed by atoms with Gasteiger partial charge in [0.15, 0.2) is 0 Å². The summed E-state index contributed by atoms with van der Waals surface area (Å²) in [4.78, 5) is 15.2. The first-order valence-corrected chi connectivity index (χ1v) is 6.56. The highest BCUT2D eigenvalue weighted by Gasteiger charge is 2.18. The van der Waals surface area contributed by atoms with Gasteiger partial charge in [-0.05, 0) is 66.5 Å². The summed E-state index contributed by atoms with van der Waals surface area (Å²) in [5, 5.41) is 9.04. The standard InChI is InChI=1S/C14H28N2O2/c1-12(14(17)18)13(9-11-16(4)5)8-6-7-10-15(2)3/h13H,1,6-11H2,2-5H3,(H,17,18). The summed E-state index contributed by atoms with van der Waals surface area (Å²) in [6.45, 7) is 5.68. The zero-order valence-corrected chi connectivity index (χ0v) is 12.3. The summed E-state index contributed by atoms with van der Waals surface area (Å²) in [5.74, 6) is -0.751. The Hall–Kier alpha value is -0.870. The number of rotatable bonds is 10. The molecule has 0 heterocycles. The molecule has 0 saturated carbocycles. The number of unbranched alkanes of at least 4 members (excludes halogenated alkanes) is 1. The second-order valence-corrected chi connectivity index (χ2v) is 5.42. The molecule has 0 aliphatic rings. The van der Waals surface area contributed by atoms with Crippen LogP contribution in [-0.2, 0) is 4.79 Å². The van der Waals surface area contributed by atoms with E-state index in [9.17, 15) is 4.79 Å². The summed E-state index contributed by atoms with van der Waals surface area (Å²) >= 11 is 0. The van der Waals surface area contributed by atoms with Crippen LogP contribution in [0.15, 0.2) is 12.2 Å². The molecule has 0 amide bonds. The topological polar surface area (TPSA) is 43.8 Å². The second kappa shape index (κ2) is 9.11. The van der Waals surface area contributed by atoms with Crippen LogP contribution in [0.3, 0.4) is 0 Å². The Morgan fingerprint density at radius 3 is 2.06 bits per heavy atom. The van der Waals surface area contributed by atoms with Crippen LogP contribution in [0.4, 0.5) is 0 Å². The molecule has 0 aliphatic carbocycles. The molecule has 4 heteroatoms. The SMILES string of the molecule is C=C(C(=O)O)C(CCCCN(C)C)CCN(C)C. The average molecular weight is 256 g/mol. The number of carboxylic acid groups (broad SMARTS) is 1. The molecule has 18 heavy (non-hydrogen) atoms. The van der Waals surface area contributed by atoms with E-state index in [-0.39, 0.29) is 5.92 Å². The molecular formula is C14H28N2O2. The lowest BCUT2D eigenvalue weighted by Crippen LogP contribution is -2.20. The fraction of sp³-hybridized carbons (Fsp3) is 0.786. The molecule has 106 valence electrons. The first-order chi connectivity index (χ1) is 8.34. The second-order valence-electron chi connectivity index (χ2n) is 5.42. The van der Waals surface area contributed by atoms with Crippen LogP contribution >= 0.6 is 0 Å². The Morgan fingerprint density at radius 2 is 1.61 bits per heavy atom. The third-order valence-electron chi connectivity index (χ3n) is 3.10. The number of aliphatic carboxylic acids is 1. The lowest BCUT2D eigenvalue weighted by Gasteiger charge is -2.19. The van der Waals surface area contributed by atoms with Gasteiger partial charge in [-0.3, -0.25) is 0 Å². The highest BCUT2D eigenvalue weighted by atomic mass is 16.4. The normalized spacial score (nSPS) is 13.0. The number of hydrogen-bond acceptors (Lipinski definition) is 3. The molecule has 0 aromatic heterocycles. The van der Waals surface area contributed by atoms with Crippen LogP contribution in [0.2, 0.25) is 0 Å². The molecule has 0 aromatic rings. The van der Waals surface area contributed by atoms with Gasteiger partial charge >= 0.3 is 5.97 Å². The molecular weight excluding hydrogens is 228 g/mol. The predicted octanol–water partition coefficient (Wildman–Crippen LogP) is 1.93. The first kappa shape index (κ1) is 17.1. The fourth-order valence-electron chi connectivity index (χ4n) is 1.90. The zero-order valence-electron chi connectivity index (χ0n) is 12.3. The maximum Gasteiger partial charge on any atom is 0.331 e. The predicted molar refractivity (Wildman–Crippen MR) is 75.8 cm³/mol. The van der Waals surface area contributed by atoms with Crippen molar-refractivity contribution in [3.8, 4) is 0 Å². The van der Waals surface area contributed by atoms with Crippen molar-refractivity contribution in [2.75, 3.05) is 41.3 Å². The van der Waals surface area contributed by atoms with Crippen LogP contribution in [0.1, 0.15) is 25.7 Å². The van der Waals surface area contributed by atoms with E-state index in [0.29, 0.717) is 5.57 Å². The lowest BCUT2D eigenvalue weighted by molar-refractivity contribution is -0.133. The molecule has 0 bridgehead atoms. The molecule has 1 N–H and O–H groups in total. The number of carbonyl (C=O) groups is 1. The summed E-state index contributed by atoms with van der Waals surface area (Å²) < 4.78 is 0. The summed E-state index contributed by atoms with van der Waals surface area (Å²) in [7, 11) is 8.12. The molecule has 0 saturated heterocycles. The molecule has 0 fully saturated rings. The maximum absolute atomic E-state index is 11.0. The van der Waals surface area contributed by atoms with E-state index in [4.69, 9.17) is 5.11 Å². The van der Waals surface area contributed by atoms with E-state index in [1.807, 2.05) is 14.1 Å². The van der Waals surface area contributed by atoms with Crippen LogP contribution < -0.4 is 0 Å². The van der Waals surface area contributed by atoms with Crippen molar-refractivity contribution in [2.24, 2.45) is 5.92 Å². The smallest absolute Gasteiger partial charge is 0.331 e. The molecule has 1 unspecified atom stereocenters.